The van der Waals surface area contributed by atoms with Gasteiger partial charge in [0.1, 0.15) is 0 Å². The maximum Gasteiger partial charge on any atom is 0.254 e. The number of nitrogens with two attached hydrogens (primary N) is 1. The molecule has 2 aromatic heterocycles. The molecule has 1 aliphatic heterocycles. The number of aryl methyl sites for hydroxylation is 1. The lowest BCUT2D eigenvalue weighted by atomic mass is 9.96. The van der Waals surface area contributed by atoms with Gasteiger partial charge in [-0.25, -0.2) is 18.7 Å². The van der Waals surface area contributed by atoms with Crippen LogP contribution in [0.1, 0.15) is 41.3 Å². The third-order valence-electron chi connectivity index (χ3n) is 7.57. The second-order valence-corrected chi connectivity index (χ2v) is 10.4. The molecule has 0 radical (unpaired) electrons. The Morgan fingerprint density at radius 1 is 1.20 bits per heavy atom. The van der Waals surface area contributed by atoms with Crippen LogP contribution in [-0.4, -0.2) is 44.8 Å². The summed E-state index contributed by atoms with van der Waals surface area (Å²) in [4.78, 5) is 23.8. The van der Waals surface area contributed by atoms with Gasteiger partial charge >= 0.3 is 0 Å². The van der Waals surface area contributed by atoms with E-state index in [4.69, 9.17) is 11.0 Å². The highest BCUT2D eigenvalue weighted by molar-refractivity contribution is 5.96. The second kappa shape index (κ2) is 11.4. The van der Waals surface area contributed by atoms with E-state index in [1.165, 1.54) is 18.3 Å². The highest BCUT2D eigenvalue weighted by Crippen LogP contribution is 2.30. The molecule has 1 atom stereocenters. The first-order valence-corrected chi connectivity index (χ1v) is 13.4. The number of likely N-dealkylation sites (tertiary alicyclic amines) is 1. The smallest absolute Gasteiger partial charge is 0.254 e. The van der Waals surface area contributed by atoms with Crippen molar-refractivity contribution in [1.29, 1.82) is 5.26 Å². The number of hydrogen-bond donors (Lipinski definition) is 2. The summed E-state index contributed by atoms with van der Waals surface area (Å²) in [6.07, 6.45) is 6.62. The first-order valence-electron chi connectivity index (χ1n) is 13.4. The molecule has 3 heterocycles. The van der Waals surface area contributed by atoms with Crippen molar-refractivity contribution in [3.63, 3.8) is 0 Å². The van der Waals surface area contributed by atoms with Crippen molar-refractivity contribution in [1.82, 2.24) is 19.3 Å². The van der Waals surface area contributed by atoms with E-state index in [1.807, 2.05) is 30.0 Å². The van der Waals surface area contributed by atoms with E-state index in [9.17, 15) is 9.18 Å². The number of imidazole rings is 1. The van der Waals surface area contributed by atoms with Crippen LogP contribution >= 0.6 is 0 Å². The fourth-order valence-electron chi connectivity index (χ4n) is 5.19. The average molecular weight is 544 g/mol. The summed E-state index contributed by atoms with van der Waals surface area (Å²) in [6.45, 7) is 5.63. The fourth-order valence-corrected chi connectivity index (χ4v) is 5.19. The minimum Gasteiger partial charge on any atom is -0.339 e. The van der Waals surface area contributed by atoms with Gasteiger partial charge in [0.2, 0.25) is 0 Å². The van der Waals surface area contributed by atoms with E-state index in [2.05, 4.69) is 15.3 Å². The number of halogens is 2. The molecule has 1 unspecified atom stereocenters. The molecule has 8 nitrogen and oxygen atoms in total. The Morgan fingerprint density at radius 3 is 2.67 bits per heavy atom. The Labute approximate surface area is 231 Å². The quantitative estimate of drug-likeness (QED) is 0.330. The van der Waals surface area contributed by atoms with Gasteiger partial charge < -0.3 is 16.0 Å². The summed E-state index contributed by atoms with van der Waals surface area (Å²) in [5, 5.41) is 12.3. The molecule has 206 valence electrons. The number of nitrogens with zero attached hydrogens (tertiary/aromatic N) is 5. The van der Waals surface area contributed by atoms with Crippen molar-refractivity contribution in [3.8, 4) is 17.3 Å². The van der Waals surface area contributed by atoms with E-state index < -0.39 is 17.6 Å². The molecule has 0 aliphatic carbocycles. The van der Waals surface area contributed by atoms with Gasteiger partial charge in [0.25, 0.3) is 5.91 Å². The third-order valence-corrected chi connectivity index (χ3v) is 7.57. The van der Waals surface area contributed by atoms with Crippen molar-refractivity contribution in [3.05, 3.63) is 77.2 Å². The SMILES string of the molecule is Cc1cc(Nc2nccn3c(-c4ccc(CC(C)C#N)c(F)c4F)cnc23)ccc1C(=O)N1CCC(CN)CC1. The molecule has 4 aromatic rings. The third kappa shape index (κ3) is 5.25. The van der Waals surface area contributed by atoms with Gasteiger partial charge in [0.15, 0.2) is 23.1 Å². The first-order chi connectivity index (χ1) is 19.3. The molecule has 10 heteroatoms. The Balaban J connectivity index is 1.38. The highest BCUT2D eigenvalue weighted by Gasteiger charge is 2.24. The van der Waals surface area contributed by atoms with Crippen LogP contribution in [0.4, 0.5) is 20.3 Å². The molecule has 1 saturated heterocycles. The highest BCUT2D eigenvalue weighted by atomic mass is 19.2. The zero-order valence-corrected chi connectivity index (χ0v) is 22.5. The molecular weight excluding hydrogens is 512 g/mol. The minimum atomic E-state index is -0.987. The van der Waals surface area contributed by atoms with Crippen LogP contribution in [0, 0.1) is 41.7 Å². The number of anilines is 2. The number of aromatic nitrogens is 3. The molecule has 0 saturated carbocycles. The average Bonchev–Trinajstić information content (AvgIpc) is 3.40. The van der Waals surface area contributed by atoms with Gasteiger partial charge in [-0.3, -0.25) is 9.20 Å². The lowest BCUT2D eigenvalue weighted by molar-refractivity contribution is 0.0692. The topological polar surface area (TPSA) is 112 Å². The second-order valence-electron chi connectivity index (χ2n) is 10.4. The summed E-state index contributed by atoms with van der Waals surface area (Å²) in [6, 6.07) is 10.6. The lowest BCUT2D eigenvalue weighted by Gasteiger charge is -2.31. The van der Waals surface area contributed by atoms with Crippen LogP contribution in [0.5, 0.6) is 0 Å². The Kier molecular flexibility index (Phi) is 7.76. The number of nitriles is 1. The number of carbonyl (C=O) groups is 1. The Morgan fingerprint density at radius 2 is 1.98 bits per heavy atom. The van der Waals surface area contributed by atoms with E-state index in [1.54, 1.807) is 29.8 Å². The van der Waals surface area contributed by atoms with Gasteiger partial charge in [-0.2, -0.15) is 5.26 Å². The van der Waals surface area contributed by atoms with Crippen molar-refractivity contribution >= 4 is 23.1 Å². The molecule has 0 bridgehead atoms. The largest absolute Gasteiger partial charge is 0.339 e. The summed E-state index contributed by atoms with van der Waals surface area (Å²) in [7, 11) is 0. The molecule has 1 fully saturated rings. The molecule has 3 N–H and O–H groups in total. The predicted molar refractivity (Wildman–Crippen MR) is 149 cm³/mol. The molecule has 2 aromatic carbocycles. The normalized spacial score (nSPS) is 14.8. The van der Waals surface area contributed by atoms with E-state index >= 15 is 4.39 Å². The van der Waals surface area contributed by atoms with Crippen molar-refractivity contribution in [2.75, 3.05) is 25.0 Å². The van der Waals surface area contributed by atoms with Gasteiger partial charge in [-0.1, -0.05) is 6.07 Å². The van der Waals surface area contributed by atoms with E-state index in [-0.39, 0.29) is 23.5 Å². The molecular formula is C30H31F2N7O. The molecule has 1 aliphatic rings. The fraction of sp³-hybridized carbons (Fsp3) is 0.333. The van der Waals surface area contributed by atoms with Crippen LogP contribution in [0.15, 0.2) is 48.9 Å². The van der Waals surface area contributed by atoms with Gasteiger partial charge in [0.05, 0.1) is 18.0 Å². The van der Waals surface area contributed by atoms with Crippen LogP contribution in [0.3, 0.4) is 0 Å². The number of fused-ring (bicyclic) bond motifs is 1. The van der Waals surface area contributed by atoms with Crippen molar-refractivity contribution in [2.24, 2.45) is 17.6 Å². The zero-order valence-electron chi connectivity index (χ0n) is 22.5. The van der Waals surface area contributed by atoms with Crippen LogP contribution in [-0.2, 0) is 6.42 Å². The lowest BCUT2D eigenvalue weighted by Crippen LogP contribution is -2.40. The van der Waals surface area contributed by atoms with Gasteiger partial charge in [-0.15, -0.1) is 0 Å². The zero-order chi connectivity index (χ0) is 28.4. The number of nitrogens with one attached hydrogen (secondary N) is 1. The van der Waals surface area contributed by atoms with E-state index in [0.29, 0.717) is 54.0 Å². The van der Waals surface area contributed by atoms with Crippen LogP contribution < -0.4 is 11.1 Å². The van der Waals surface area contributed by atoms with E-state index in [0.717, 1.165) is 18.4 Å². The van der Waals surface area contributed by atoms with Crippen molar-refractivity contribution < 1.29 is 13.6 Å². The molecule has 5 rings (SSSR count). The molecule has 40 heavy (non-hydrogen) atoms. The first kappa shape index (κ1) is 27.2. The molecule has 0 spiro atoms. The summed E-state index contributed by atoms with van der Waals surface area (Å²) in [5.74, 6) is -1.46. The Hall–Kier alpha value is -4.36. The monoisotopic (exact) mass is 543 g/mol. The van der Waals surface area contributed by atoms with Gasteiger partial charge in [-0.05, 0) is 81.0 Å². The van der Waals surface area contributed by atoms with Crippen molar-refractivity contribution in [2.45, 2.75) is 33.1 Å². The minimum absolute atomic E-state index is 0.0139. The number of hydrogen-bond acceptors (Lipinski definition) is 6. The number of rotatable bonds is 7. The molecule has 1 amide bonds. The maximum atomic E-state index is 15.1. The van der Waals surface area contributed by atoms with Gasteiger partial charge in [0, 0.05) is 48.2 Å². The number of carbonyl (C=O) groups excluding carboxylic acids is 1. The predicted octanol–water partition coefficient (Wildman–Crippen LogP) is 5.24. The summed E-state index contributed by atoms with van der Waals surface area (Å²) < 4.78 is 31.6. The summed E-state index contributed by atoms with van der Waals surface area (Å²) >= 11 is 0. The standard InChI is InChI=1S/C30H31F2N7O/c1-18(15-33)13-21-3-5-24(27(32)26(21)31)25-17-36-29-28(35-9-12-39(25)29)37-22-4-6-23(19(2)14-22)30(40)38-10-7-20(16-34)8-11-38/h3-6,9,12,14,17-18,20H,7-8,10-11,13,16,34H2,1-2H3,(H,35,37). The van der Waals surface area contributed by atoms with Crippen LogP contribution in [0.25, 0.3) is 16.9 Å². The Bertz CT molecular complexity index is 1600. The number of amides is 1. The number of benzene rings is 2. The summed E-state index contributed by atoms with van der Waals surface area (Å²) in [5.41, 5.74) is 8.99. The van der Waals surface area contributed by atoms with Crippen LogP contribution in [0.2, 0.25) is 0 Å². The number of piperidine rings is 1. The maximum absolute atomic E-state index is 15.1.